The molecule has 0 aromatic heterocycles. The SMILES string of the molecule is CN1CCCC(c2ccc(C(F)(F)F)cc2F)C1. The lowest BCUT2D eigenvalue weighted by atomic mass is 9.90. The quantitative estimate of drug-likeness (QED) is 0.697. The topological polar surface area (TPSA) is 3.24 Å². The van der Waals surface area contributed by atoms with Gasteiger partial charge < -0.3 is 4.90 Å². The van der Waals surface area contributed by atoms with E-state index in [4.69, 9.17) is 0 Å². The molecule has 1 aromatic carbocycles. The van der Waals surface area contributed by atoms with Crippen molar-refractivity contribution in [1.82, 2.24) is 4.90 Å². The number of nitrogens with zero attached hydrogens (tertiary/aromatic N) is 1. The Bertz CT molecular complexity index is 427. The van der Waals surface area contributed by atoms with E-state index in [1.165, 1.54) is 6.07 Å². The molecule has 1 aromatic rings. The minimum atomic E-state index is -4.48. The Hall–Kier alpha value is -1.10. The highest BCUT2D eigenvalue weighted by Crippen LogP contribution is 2.33. The number of likely N-dealkylation sites (tertiary alicyclic amines) is 1. The Labute approximate surface area is 103 Å². The summed E-state index contributed by atoms with van der Waals surface area (Å²) >= 11 is 0. The molecule has 18 heavy (non-hydrogen) atoms. The molecule has 0 bridgehead atoms. The Balaban J connectivity index is 2.24. The number of piperidine rings is 1. The van der Waals surface area contributed by atoms with Crippen LogP contribution < -0.4 is 0 Å². The van der Waals surface area contributed by atoms with Gasteiger partial charge in [-0.15, -0.1) is 0 Å². The first kappa shape index (κ1) is 13.3. The van der Waals surface area contributed by atoms with Crippen LogP contribution in [0.5, 0.6) is 0 Å². The fourth-order valence-electron chi connectivity index (χ4n) is 2.45. The molecular formula is C13H15F4N. The van der Waals surface area contributed by atoms with E-state index in [-0.39, 0.29) is 5.92 Å². The largest absolute Gasteiger partial charge is 0.416 e. The van der Waals surface area contributed by atoms with Gasteiger partial charge in [-0.25, -0.2) is 4.39 Å². The first-order chi connectivity index (χ1) is 8.38. The molecule has 0 radical (unpaired) electrons. The molecular weight excluding hydrogens is 246 g/mol. The Morgan fingerprint density at radius 2 is 2.00 bits per heavy atom. The van der Waals surface area contributed by atoms with Crippen molar-refractivity contribution in [2.45, 2.75) is 24.9 Å². The second-order valence-electron chi connectivity index (χ2n) is 4.84. The van der Waals surface area contributed by atoms with Gasteiger partial charge in [-0.3, -0.25) is 0 Å². The lowest BCUT2D eigenvalue weighted by Gasteiger charge is -2.30. The van der Waals surface area contributed by atoms with Gasteiger partial charge in [0.25, 0.3) is 0 Å². The van der Waals surface area contributed by atoms with E-state index >= 15 is 0 Å². The molecule has 5 heteroatoms. The molecule has 0 aliphatic carbocycles. The van der Waals surface area contributed by atoms with Crippen LogP contribution in [0, 0.1) is 5.82 Å². The highest BCUT2D eigenvalue weighted by Gasteiger charge is 2.32. The Morgan fingerprint density at radius 3 is 2.56 bits per heavy atom. The van der Waals surface area contributed by atoms with E-state index < -0.39 is 17.6 Å². The average Bonchev–Trinajstić information content (AvgIpc) is 2.27. The zero-order valence-corrected chi connectivity index (χ0v) is 10.1. The van der Waals surface area contributed by atoms with Crippen molar-refractivity contribution in [2.24, 2.45) is 0 Å². The number of halogens is 4. The van der Waals surface area contributed by atoms with Crippen LogP contribution in [0.25, 0.3) is 0 Å². The Morgan fingerprint density at radius 1 is 1.28 bits per heavy atom. The van der Waals surface area contributed by atoms with E-state index in [0.717, 1.165) is 25.5 Å². The van der Waals surface area contributed by atoms with Crippen molar-refractivity contribution in [3.8, 4) is 0 Å². The molecule has 1 heterocycles. The maximum absolute atomic E-state index is 13.8. The predicted octanol–water partition coefficient (Wildman–Crippen LogP) is 3.65. The van der Waals surface area contributed by atoms with Crippen molar-refractivity contribution in [2.75, 3.05) is 20.1 Å². The van der Waals surface area contributed by atoms with Crippen LogP contribution in [0.3, 0.4) is 0 Å². The molecule has 100 valence electrons. The van der Waals surface area contributed by atoms with Gasteiger partial charge in [-0.05, 0) is 50.0 Å². The van der Waals surface area contributed by atoms with Gasteiger partial charge in [0.1, 0.15) is 5.82 Å². The van der Waals surface area contributed by atoms with Gasteiger partial charge in [0, 0.05) is 6.54 Å². The number of hydrogen-bond acceptors (Lipinski definition) is 1. The highest BCUT2D eigenvalue weighted by molar-refractivity contribution is 5.29. The van der Waals surface area contributed by atoms with Crippen molar-refractivity contribution in [3.05, 3.63) is 35.1 Å². The summed E-state index contributed by atoms with van der Waals surface area (Å²) in [5.74, 6) is -0.754. The molecule has 1 saturated heterocycles. The lowest BCUT2D eigenvalue weighted by Crippen LogP contribution is -2.31. The van der Waals surface area contributed by atoms with Crippen LogP contribution >= 0.6 is 0 Å². The molecule has 1 unspecified atom stereocenters. The number of rotatable bonds is 1. The highest BCUT2D eigenvalue weighted by atomic mass is 19.4. The molecule has 1 atom stereocenters. The van der Waals surface area contributed by atoms with Gasteiger partial charge in [0.2, 0.25) is 0 Å². The summed E-state index contributed by atoms with van der Waals surface area (Å²) in [7, 11) is 1.94. The standard InChI is InChI=1S/C13H15F4N/c1-18-6-2-3-9(8-18)11-5-4-10(7-12(11)14)13(15,16)17/h4-5,7,9H,2-3,6,8H2,1H3. The monoisotopic (exact) mass is 261 g/mol. The average molecular weight is 261 g/mol. The Kier molecular flexibility index (Phi) is 3.61. The molecule has 1 aliphatic heterocycles. The number of alkyl halides is 3. The van der Waals surface area contributed by atoms with E-state index in [1.807, 2.05) is 7.05 Å². The van der Waals surface area contributed by atoms with E-state index in [1.54, 1.807) is 0 Å². The number of benzene rings is 1. The van der Waals surface area contributed by atoms with E-state index in [9.17, 15) is 17.6 Å². The lowest BCUT2D eigenvalue weighted by molar-refractivity contribution is -0.137. The smallest absolute Gasteiger partial charge is 0.306 e. The first-order valence-electron chi connectivity index (χ1n) is 5.93. The third-order valence-electron chi connectivity index (χ3n) is 3.39. The summed E-state index contributed by atoms with van der Waals surface area (Å²) in [6.07, 6.45) is -2.71. The van der Waals surface area contributed by atoms with Gasteiger partial charge in [0.05, 0.1) is 5.56 Å². The summed E-state index contributed by atoms with van der Waals surface area (Å²) in [6, 6.07) is 2.85. The van der Waals surface area contributed by atoms with E-state index in [2.05, 4.69) is 4.90 Å². The second-order valence-corrected chi connectivity index (χ2v) is 4.84. The summed E-state index contributed by atoms with van der Waals surface area (Å²) < 4.78 is 51.1. The minimum absolute atomic E-state index is 0.00830. The van der Waals surface area contributed by atoms with Crippen LogP contribution in [0.1, 0.15) is 29.9 Å². The van der Waals surface area contributed by atoms with Crippen molar-refractivity contribution >= 4 is 0 Å². The maximum Gasteiger partial charge on any atom is 0.416 e. The summed E-state index contributed by atoms with van der Waals surface area (Å²) in [6.45, 7) is 1.65. The predicted molar refractivity (Wildman–Crippen MR) is 60.9 cm³/mol. The molecule has 0 amide bonds. The molecule has 2 rings (SSSR count). The van der Waals surface area contributed by atoms with Gasteiger partial charge in [-0.2, -0.15) is 13.2 Å². The second kappa shape index (κ2) is 4.88. The fourth-order valence-corrected chi connectivity index (χ4v) is 2.45. The summed E-state index contributed by atoms with van der Waals surface area (Å²) in [4.78, 5) is 2.07. The van der Waals surface area contributed by atoms with Crippen molar-refractivity contribution < 1.29 is 17.6 Å². The van der Waals surface area contributed by atoms with E-state index in [0.29, 0.717) is 18.2 Å². The minimum Gasteiger partial charge on any atom is -0.306 e. The van der Waals surface area contributed by atoms with Gasteiger partial charge in [-0.1, -0.05) is 6.07 Å². The van der Waals surface area contributed by atoms with Crippen LogP contribution in [0.2, 0.25) is 0 Å². The molecule has 0 N–H and O–H groups in total. The normalized spacial score (nSPS) is 22.2. The number of hydrogen-bond donors (Lipinski definition) is 0. The zero-order valence-electron chi connectivity index (χ0n) is 10.1. The van der Waals surface area contributed by atoms with Gasteiger partial charge >= 0.3 is 6.18 Å². The molecule has 0 spiro atoms. The maximum atomic E-state index is 13.8. The van der Waals surface area contributed by atoms with Gasteiger partial charge in [0.15, 0.2) is 0 Å². The molecule has 1 nitrogen and oxygen atoms in total. The first-order valence-corrected chi connectivity index (χ1v) is 5.93. The summed E-state index contributed by atoms with van der Waals surface area (Å²) in [5, 5.41) is 0. The molecule has 1 fully saturated rings. The van der Waals surface area contributed by atoms with Crippen LogP contribution in [0.15, 0.2) is 18.2 Å². The van der Waals surface area contributed by atoms with Crippen LogP contribution in [-0.4, -0.2) is 25.0 Å². The summed E-state index contributed by atoms with van der Waals surface area (Å²) in [5.41, 5.74) is -0.525. The van der Waals surface area contributed by atoms with Crippen molar-refractivity contribution in [1.29, 1.82) is 0 Å². The van der Waals surface area contributed by atoms with Crippen molar-refractivity contribution in [3.63, 3.8) is 0 Å². The third kappa shape index (κ3) is 2.83. The van der Waals surface area contributed by atoms with Crippen LogP contribution in [0.4, 0.5) is 17.6 Å². The van der Waals surface area contributed by atoms with Crippen LogP contribution in [-0.2, 0) is 6.18 Å². The number of likely N-dealkylation sites (N-methyl/N-ethyl adjacent to an activating group) is 1. The fraction of sp³-hybridized carbons (Fsp3) is 0.538. The zero-order chi connectivity index (χ0) is 13.3. The molecule has 1 aliphatic rings. The molecule has 0 saturated carbocycles. The third-order valence-corrected chi connectivity index (χ3v) is 3.39.